The summed E-state index contributed by atoms with van der Waals surface area (Å²) in [6.07, 6.45) is 3.47. The summed E-state index contributed by atoms with van der Waals surface area (Å²) in [6.45, 7) is 2.10. The molecule has 2 aromatic heterocycles. The number of nitrogens with zero attached hydrogens (tertiary/aromatic N) is 3. The third-order valence-electron chi connectivity index (χ3n) is 2.95. The second kappa shape index (κ2) is 5.63. The second-order valence-corrected chi connectivity index (χ2v) is 5.23. The van der Waals surface area contributed by atoms with Crippen molar-refractivity contribution in [3.8, 4) is 0 Å². The number of rotatable bonds is 4. The van der Waals surface area contributed by atoms with Crippen molar-refractivity contribution in [3.05, 3.63) is 46.0 Å². The van der Waals surface area contributed by atoms with Gasteiger partial charge in [0.15, 0.2) is 0 Å². The molecule has 1 atom stereocenters. The van der Waals surface area contributed by atoms with E-state index < -0.39 is 0 Å². The van der Waals surface area contributed by atoms with Gasteiger partial charge in [0.05, 0.1) is 17.4 Å². The fourth-order valence-electron chi connectivity index (χ4n) is 1.87. The van der Waals surface area contributed by atoms with Crippen LogP contribution in [-0.2, 0) is 19.9 Å². The molecule has 2 rings (SSSR count). The van der Waals surface area contributed by atoms with Gasteiger partial charge < -0.3 is 5.73 Å². The summed E-state index contributed by atoms with van der Waals surface area (Å²) in [6, 6.07) is 5.92. The lowest BCUT2D eigenvalue weighted by molar-refractivity contribution is 0.627. The summed E-state index contributed by atoms with van der Waals surface area (Å²) in [5.74, 6) is 0. The van der Waals surface area contributed by atoms with Crippen molar-refractivity contribution in [1.82, 2.24) is 14.8 Å². The number of hydrogen-bond acceptors (Lipinski definition) is 3. The topological polar surface area (TPSA) is 56.7 Å². The van der Waals surface area contributed by atoms with Crippen molar-refractivity contribution in [2.75, 3.05) is 0 Å². The Bertz CT molecular complexity index is 518. The Hall–Kier alpha value is -1.20. The second-order valence-electron chi connectivity index (χ2n) is 4.32. The van der Waals surface area contributed by atoms with Crippen LogP contribution in [0.5, 0.6) is 0 Å². The third kappa shape index (κ3) is 2.97. The smallest absolute Gasteiger partial charge is 0.0624 e. The first kappa shape index (κ1) is 13.2. The number of aromatic nitrogens is 3. The maximum absolute atomic E-state index is 6.18. The van der Waals surface area contributed by atoms with Crippen molar-refractivity contribution >= 4 is 15.9 Å². The fraction of sp³-hybridized carbons (Fsp3) is 0.385. The van der Waals surface area contributed by atoms with Gasteiger partial charge in [-0.2, -0.15) is 5.10 Å². The van der Waals surface area contributed by atoms with Crippen molar-refractivity contribution in [1.29, 1.82) is 0 Å². The number of aryl methyl sites for hydroxylation is 2. The highest BCUT2D eigenvalue weighted by Gasteiger charge is 2.12. The Morgan fingerprint density at radius 2 is 2.22 bits per heavy atom. The largest absolute Gasteiger partial charge is 0.322 e. The van der Waals surface area contributed by atoms with Gasteiger partial charge in [-0.3, -0.25) is 9.67 Å². The van der Waals surface area contributed by atoms with Crippen LogP contribution >= 0.6 is 15.9 Å². The molecule has 0 fully saturated rings. The summed E-state index contributed by atoms with van der Waals surface area (Å²) in [7, 11) is 1.95. The van der Waals surface area contributed by atoms with E-state index in [-0.39, 0.29) is 6.04 Å². The van der Waals surface area contributed by atoms with Gasteiger partial charge >= 0.3 is 0 Å². The zero-order valence-electron chi connectivity index (χ0n) is 10.6. The van der Waals surface area contributed by atoms with Crippen LogP contribution in [0.15, 0.2) is 28.9 Å². The molecule has 2 heterocycles. The van der Waals surface area contributed by atoms with Crippen LogP contribution in [0.2, 0.25) is 0 Å². The van der Waals surface area contributed by atoms with Crippen molar-refractivity contribution in [2.24, 2.45) is 12.8 Å². The maximum Gasteiger partial charge on any atom is 0.0624 e. The predicted molar refractivity (Wildman–Crippen MR) is 75.2 cm³/mol. The molecule has 0 amide bonds. The molecule has 0 aliphatic rings. The molecule has 0 bridgehead atoms. The quantitative estimate of drug-likeness (QED) is 0.943. The van der Waals surface area contributed by atoms with Crippen LogP contribution < -0.4 is 5.73 Å². The van der Waals surface area contributed by atoms with Crippen molar-refractivity contribution in [2.45, 2.75) is 25.8 Å². The van der Waals surface area contributed by atoms with Gasteiger partial charge in [0.1, 0.15) is 0 Å². The minimum atomic E-state index is -0.0989. The highest BCUT2D eigenvalue weighted by Crippen LogP contribution is 2.16. The standard InChI is InChI=1S/C13H17BrN4/c1-3-10-6-11(18(2)17-10)7-12(15)13-5-4-9(14)8-16-13/h4-6,8,12H,3,7,15H2,1-2H3. The maximum atomic E-state index is 6.18. The van der Waals surface area contributed by atoms with Gasteiger partial charge in [0, 0.05) is 29.8 Å². The molecule has 4 nitrogen and oxygen atoms in total. The Kier molecular flexibility index (Phi) is 4.14. The summed E-state index contributed by atoms with van der Waals surface area (Å²) in [5, 5.41) is 4.42. The number of nitrogens with two attached hydrogens (primary N) is 1. The van der Waals surface area contributed by atoms with Gasteiger partial charge in [0.2, 0.25) is 0 Å². The van der Waals surface area contributed by atoms with Crippen LogP contribution in [0.4, 0.5) is 0 Å². The predicted octanol–water partition coefficient (Wildman–Crippen LogP) is 2.38. The average Bonchev–Trinajstić information content (AvgIpc) is 2.71. The molecule has 0 radical (unpaired) electrons. The van der Waals surface area contributed by atoms with E-state index in [0.717, 1.165) is 34.4 Å². The van der Waals surface area contributed by atoms with E-state index in [4.69, 9.17) is 5.73 Å². The van der Waals surface area contributed by atoms with E-state index in [1.54, 1.807) is 6.20 Å². The SMILES string of the molecule is CCc1cc(CC(N)c2ccc(Br)cn2)n(C)n1. The third-order valence-corrected chi connectivity index (χ3v) is 3.42. The van der Waals surface area contributed by atoms with E-state index in [0.29, 0.717) is 0 Å². The van der Waals surface area contributed by atoms with Crippen LogP contribution in [0, 0.1) is 0 Å². The first-order valence-electron chi connectivity index (χ1n) is 5.99. The van der Waals surface area contributed by atoms with Gasteiger partial charge in [-0.15, -0.1) is 0 Å². The van der Waals surface area contributed by atoms with Crippen molar-refractivity contribution in [3.63, 3.8) is 0 Å². The van der Waals surface area contributed by atoms with Gasteiger partial charge in [-0.05, 0) is 40.5 Å². The molecule has 0 aromatic carbocycles. The van der Waals surface area contributed by atoms with Gasteiger partial charge in [-0.25, -0.2) is 0 Å². The summed E-state index contributed by atoms with van der Waals surface area (Å²) < 4.78 is 2.87. The number of pyridine rings is 1. The number of hydrogen-bond donors (Lipinski definition) is 1. The molecule has 0 saturated heterocycles. The molecule has 5 heteroatoms. The summed E-state index contributed by atoms with van der Waals surface area (Å²) in [4.78, 5) is 4.33. The molecule has 0 saturated carbocycles. The Morgan fingerprint density at radius 3 is 2.78 bits per heavy atom. The molecule has 1 unspecified atom stereocenters. The zero-order valence-corrected chi connectivity index (χ0v) is 12.2. The summed E-state index contributed by atoms with van der Waals surface area (Å²) in [5.41, 5.74) is 9.32. The van der Waals surface area contributed by atoms with Gasteiger partial charge in [0.25, 0.3) is 0 Å². The average molecular weight is 309 g/mol. The highest BCUT2D eigenvalue weighted by molar-refractivity contribution is 9.10. The van der Waals surface area contributed by atoms with E-state index in [1.165, 1.54) is 0 Å². The van der Waals surface area contributed by atoms with Gasteiger partial charge in [-0.1, -0.05) is 6.92 Å². The Balaban J connectivity index is 2.13. The molecule has 0 aliphatic carbocycles. The van der Waals surface area contributed by atoms with Crippen LogP contribution in [0.25, 0.3) is 0 Å². The van der Waals surface area contributed by atoms with Crippen LogP contribution in [0.1, 0.15) is 30.0 Å². The normalized spacial score (nSPS) is 12.7. The highest BCUT2D eigenvalue weighted by atomic mass is 79.9. The lowest BCUT2D eigenvalue weighted by Gasteiger charge is -2.11. The fourth-order valence-corrected chi connectivity index (χ4v) is 2.11. The lowest BCUT2D eigenvalue weighted by Crippen LogP contribution is -2.16. The Morgan fingerprint density at radius 1 is 1.44 bits per heavy atom. The molecule has 0 aliphatic heterocycles. The minimum Gasteiger partial charge on any atom is -0.322 e. The monoisotopic (exact) mass is 308 g/mol. The molecule has 2 N–H and O–H groups in total. The Labute approximate surface area is 115 Å². The van der Waals surface area contributed by atoms with Crippen molar-refractivity contribution < 1.29 is 0 Å². The van der Waals surface area contributed by atoms with Crippen LogP contribution in [-0.4, -0.2) is 14.8 Å². The van der Waals surface area contributed by atoms with E-state index in [9.17, 15) is 0 Å². The molecule has 2 aromatic rings. The van der Waals surface area contributed by atoms with E-state index >= 15 is 0 Å². The first-order valence-corrected chi connectivity index (χ1v) is 6.78. The molecular formula is C13H17BrN4. The van der Waals surface area contributed by atoms with Crippen LogP contribution in [0.3, 0.4) is 0 Å². The van der Waals surface area contributed by atoms with E-state index in [2.05, 4.69) is 39.0 Å². The first-order chi connectivity index (χ1) is 8.60. The minimum absolute atomic E-state index is 0.0989. The summed E-state index contributed by atoms with van der Waals surface area (Å²) >= 11 is 3.37. The molecule has 96 valence electrons. The molecular weight excluding hydrogens is 292 g/mol. The molecule has 18 heavy (non-hydrogen) atoms. The number of halogens is 1. The lowest BCUT2D eigenvalue weighted by atomic mass is 10.1. The molecule has 0 spiro atoms. The zero-order chi connectivity index (χ0) is 13.1. The van der Waals surface area contributed by atoms with E-state index in [1.807, 2.05) is 23.9 Å².